The molecule has 0 saturated carbocycles. The largest absolute Gasteiger partial charge is 0.451 e. The maximum atomic E-state index is 13.2. The van der Waals surface area contributed by atoms with Crippen LogP contribution in [0.2, 0.25) is 20.1 Å². The quantitative estimate of drug-likeness (QED) is 0.232. The van der Waals surface area contributed by atoms with E-state index >= 15 is 0 Å². The molecule has 0 amide bonds. The van der Waals surface area contributed by atoms with Gasteiger partial charge in [0.25, 0.3) is 0 Å². The number of hydrogen-bond acceptors (Lipinski definition) is 4. The van der Waals surface area contributed by atoms with Crippen LogP contribution in [0.15, 0.2) is 66.6 Å². The second-order valence-corrected chi connectivity index (χ2v) is 9.59. The Bertz CT molecular complexity index is 1240. The van der Waals surface area contributed by atoms with Crippen LogP contribution in [-0.4, -0.2) is 15.5 Å². The fraction of sp³-hybridized carbons (Fsp3) is 0.130. The summed E-state index contributed by atoms with van der Waals surface area (Å²) in [7, 11) is 0. The minimum Gasteiger partial charge on any atom is -0.451 e. The van der Waals surface area contributed by atoms with E-state index in [1.165, 1.54) is 11.3 Å². The summed E-state index contributed by atoms with van der Waals surface area (Å²) < 4.78 is 7.77. The Morgan fingerprint density at radius 1 is 1.03 bits per heavy atom. The topological polar surface area (TPSA) is 44.1 Å². The van der Waals surface area contributed by atoms with E-state index in [1.54, 1.807) is 49.1 Å². The lowest BCUT2D eigenvalue weighted by Gasteiger charge is -2.20. The standard InChI is InChI=1S/C23H16Cl4N2O2S/c24-16-2-3-17(19(26)11-16)21(12-29-7-6-28-13-29)31-23(30)22-15(5-8-32-22)9-14-1-4-18(25)20(27)10-14/h1-8,10-11,13,21H,9,12H2. The molecule has 0 saturated heterocycles. The van der Waals surface area contributed by atoms with Gasteiger partial charge in [-0.25, -0.2) is 9.78 Å². The Hall–Kier alpha value is -2.02. The van der Waals surface area contributed by atoms with Gasteiger partial charge in [0.05, 0.1) is 22.9 Å². The zero-order valence-electron chi connectivity index (χ0n) is 16.5. The van der Waals surface area contributed by atoms with Crippen molar-refractivity contribution in [2.45, 2.75) is 19.1 Å². The van der Waals surface area contributed by atoms with E-state index in [-0.39, 0.29) is 0 Å². The molecular formula is C23H16Cl4N2O2S. The van der Waals surface area contributed by atoms with Gasteiger partial charge in [-0.1, -0.05) is 58.5 Å². The maximum absolute atomic E-state index is 13.2. The van der Waals surface area contributed by atoms with Crippen LogP contribution in [0.5, 0.6) is 0 Å². The van der Waals surface area contributed by atoms with Gasteiger partial charge in [0.15, 0.2) is 0 Å². The summed E-state index contributed by atoms with van der Waals surface area (Å²) in [5.41, 5.74) is 2.46. The van der Waals surface area contributed by atoms with Gasteiger partial charge in [0.1, 0.15) is 11.0 Å². The van der Waals surface area contributed by atoms with Gasteiger partial charge < -0.3 is 9.30 Å². The van der Waals surface area contributed by atoms with E-state index in [9.17, 15) is 4.79 Å². The molecule has 0 aliphatic rings. The molecule has 0 aliphatic heterocycles. The van der Waals surface area contributed by atoms with E-state index in [2.05, 4.69) is 4.98 Å². The Balaban J connectivity index is 1.58. The Labute approximate surface area is 209 Å². The van der Waals surface area contributed by atoms with Gasteiger partial charge in [-0.15, -0.1) is 11.3 Å². The van der Waals surface area contributed by atoms with Gasteiger partial charge >= 0.3 is 5.97 Å². The zero-order valence-corrected chi connectivity index (χ0v) is 20.3. The minimum atomic E-state index is -0.624. The number of hydrogen-bond donors (Lipinski definition) is 0. The zero-order chi connectivity index (χ0) is 22.7. The molecule has 0 fully saturated rings. The van der Waals surface area contributed by atoms with Crippen molar-refractivity contribution >= 4 is 63.7 Å². The van der Waals surface area contributed by atoms with Gasteiger partial charge in [-0.3, -0.25) is 0 Å². The molecule has 0 radical (unpaired) electrons. The number of carbonyl (C=O) groups is 1. The number of thiophene rings is 1. The van der Waals surface area contributed by atoms with E-state index in [4.69, 9.17) is 51.1 Å². The monoisotopic (exact) mass is 524 g/mol. The molecule has 2 aromatic carbocycles. The highest BCUT2D eigenvalue weighted by atomic mass is 35.5. The lowest BCUT2D eigenvalue weighted by molar-refractivity contribution is 0.0260. The summed E-state index contributed by atoms with van der Waals surface area (Å²) in [4.78, 5) is 17.8. The van der Waals surface area contributed by atoms with Crippen molar-refractivity contribution in [1.82, 2.24) is 9.55 Å². The van der Waals surface area contributed by atoms with Crippen molar-refractivity contribution in [2.75, 3.05) is 0 Å². The normalized spacial score (nSPS) is 12.0. The van der Waals surface area contributed by atoms with Crippen molar-refractivity contribution in [3.8, 4) is 0 Å². The SMILES string of the molecule is O=C(OC(Cn1ccnc1)c1ccc(Cl)cc1Cl)c1sccc1Cc1ccc(Cl)c(Cl)c1. The highest BCUT2D eigenvalue weighted by Crippen LogP contribution is 2.32. The van der Waals surface area contributed by atoms with Crippen molar-refractivity contribution in [3.05, 3.63) is 108 Å². The second kappa shape index (κ2) is 10.3. The molecule has 32 heavy (non-hydrogen) atoms. The Kier molecular flexibility index (Phi) is 7.44. The Morgan fingerprint density at radius 2 is 1.88 bits per heavy atom. The minimum absolute atomic E-state index is 0.362. The number of benzene rings is 2. The molecule has 0 aliphatic carbocycles. The molecule has 164 valence electrons. The van der Waals surface area contributed by atoms with E-state index in [0.717, 1.165) is 11.1 Å². The van der Waals surface area contributed by atoms with Crippen LogP contribution in [0.1, 0.15) is 32.5 Å². The first-order chi connectivity index (χ1) is 15.4. The molecule has 4 rings (SSSR count). The summed E-state index contributed by atoms with van der Waals surface area (Å²) in [6.07, 6.45) is 5.02. The molecule has 9 heteroatoms. The molecule has 2 aromatic heterocycles. The molecule has 1 unspecified atom stereocenters. The van der Waals surface area contributed by atoms with Crippen LogP contribution in [-0.2, 0) is 17.7 Å². The van der Waals surface area contributed by atoms with Crippen molar-refractivity contribution in [2.24, 2.45) is 0 Å². The third kappa shape index (κ3) is 5.48. The van der Waals surface area contributed by atoms with Gasteiger partial charge in [0, 0.05) is 28.0 Å². The maximum Gasteiger partial charge on any atom is 0.349 e. The lowest BCUT2D eigenvalue weighted by atomic mass is 10.1. The molecule has 0 spiro atoms. The van der Waals surface area contributed by atoms with Gasteiger partial charge in [-0.05, 0) is 53.3 Å². The van der Waals surface area contributed by atoms with Crippen molar-refractivity contribution in [3.63, 3.8) is 0 Å². The van der Waals surface area contributed by atoms with Gasteiger partial charge in [-0.2, -0.15) is 0 Å². The van der Waals surface area contributed by atoms with Gasteiger partial charge in [0.2, 0.25) is 0 Å². The predicted molar refractivity (Wildman–Crippen MR) is 130 cm³/mol. The first-order valence-corrected chi connectivity index (χ1v) is 11.9. The summed E-state index contributed by atoms with van der Waals surface area (Å²) in [5.74, 6) is -0.425. The first-order valence-electron chi connectivity index (χ1n) is 9.52. The van der Waals surface area contributed by atoms with Crippen LogP contribution < -0.4 is 0 Å². The molecular weight excluding hydrogens is 510 g/mol. The number of aromatic nitrogens is 2. The van der Waals surface area contributed by atoms with E-state index in [1.807, 2.05) is 22.1 Å². The molecule has 2 heterocycles. The van der Waals surface area contributed by atoms with Crippen LogP contribution in [0.4, 0.5) is 0 Å². The lowest BCUT2D eigenvalue weighted by Crippen LogP contribution is -2.17. The number of ether oxygens (including phenoxy) is 1. The smallest absolute Gasteiger partial charge is 0.349 e. The molecule has 1 atom stereocenters. The third-order valence-corrected chi connectivity index (χ3v) is 7.04. The molecule has 0 bridgehead atoms. The summed E-state index contributed by atoms with van der Waals surface area (Å²) in [6, 6.07) is 12.5. The first kappa shape index (κ1) is 23.1. The average molecular weight is 526 g/mol. The molecule has 4 aromatic rings. The number of carbonyl (C=O) groups excluding carboxylic acids is 1. The summed E-state index contributed by atoms with van der Waals surface area (Å²) >= 11 is 25.9. The average Bonchev–Trinajstić information content (AvgIpc) is 3.42. The number of imidazole rings is 1. The van der Waals surface area contributed by atoms with Crippen LogP contribution in [0, 0.1) is 0 Å². The number of nitrogens with zero attached hydrogens (tertiary/aromatic N) is 2. The van der Waals surface area contributed by atoms with Crippen LogP contribution >= 0.6 is 57.7 Å². The highest BCUT2D eigenvalue weighted by molar-refractivity contribution is 7.12. The van der Waals surface area contributed by atoms with Crippen molar-refractivity contribution in [1.29, 1.82) is 0 Å². The van der Waals surface area contributed by atoms with E-state index < -0.39 is 12.1 Å². The van der Waals surface area contributed by atoms with E-state index in [0.29, 0.717) is 43.5 Å². The highest BCUT2D eigenvalue weighted by Gasteiger charge is 2.24. The molecule has 4 nitrogen and oxygen atoms in total. The second-order valence-electron chi connectivity index (χ2n) is 7.02. The fourth-order valence-corrected chi connectivity index (χ4v) is 4.91. The predicted octanol–water partition coefficient (Wildman–Crippen LogP) is 7.75. The summed E-state index contributed by atoms with van der Waals surface area (Å²) in [5, 5.41) is 3.76. The summed E-state index contributed by atoms with van der Waals surface area (Å²) in [6.45, 7) is 0.362. The van der Waals surface area contributed by atoms with Crippen LogP contribution in [0.3, 0.4) is 0 Å². The fourth-order valence-electron chi connectivity index (χ4n) is 3.25. The Morgan fingerprint density at radius 3 is 2.59 bits per heavy atom. The van der Waals surface area contributed by atoms with Crippen LogP contribution in [0.25, 0.3) is 0 Å². The third-order valence-electron chi connectivity index (χ3n) is 4.81. The number of rotatable bonds is 7. The molecule has 0 N–H and O–H groups in total. The van der Waals surface area contributed by atoms with Crippen molar-refractivity contribution < 1.29 is 9.53 Å². The number of esters is 1. The number of halogens is 4.